The lowest BCUT2D eigenvalue weighted by molar-refractivity contribution is 0.525. The predicted molar refractivity (Wildman–Crippen MR) is 121 cm³/mol. The highest BCUT2D eigenvalue weighted by molar-refractivity contribution is 7.99. The Morgan fingerprint density at radius 2 is 2.13 bits per heavy atom. The number of nitrogens with two attached hydrogens (primary N) is 1. The van der Waals surface area contributed by atoms with Crippen molar-refractivity contribution in [2.45, 2.75) is 42.9 Å². The van der Waals surface area contributed by atoms with Gasteiger partial charge in [-0.15, -0.1) is 0 Å². The molecule has 0 radical (unpaired) electrons. The van der Waals surface area contributed by atoms with Gasteiger partial charge in [-0.1, -0.05) is 37.2 Å². The summed E-state index contributed by atoms with van der Waals surface area (Å²) in [6, 6.07) is 10.0. The van der Waals surface area contributed by atoms with Crippen LogP contribution in [-0.2, 0) is 6.54 Å². The topological polar surface area (TPSA) is 94.8 Å². The summed E-state index contributed by atoms with van der Waals surface area (Å²) in [6.45, 7) is 5.94. The highest BCUT2D eigenvalue weighted by atomic mass is 35.5. The van der Waals surface area contributed by atoms with Gasteiger partial charge < -0.3 is 20.0 Å². The molecule has 0 spiro atoms. The number of nitrogen functional groups attached to an aromatic ring is 1. The van der Waals surface area contributed by atoms with Crippen molar-refractivity contribution in [1.29, 1.82) is 0 Å². The van der Waals surface area contributed by atoms with Gasteiger partial charge in [-0.05, 0) is 43.3 Å². The molecule has 3 N–H and O–H groups in total. The minimum Gasteiger partial charge on any atom is -0.464 e. The molecule has 3 aromatic heterocycles. The zero-order valence-corrected chi connectivity index (χ0v) is 18.4. The van der Waals surface area contributed by atoms with Gasteiger partial charge in [-0.25, -0.2) is 15.0 Å². The molecule has 0 amide bonds. The Bertz CT molecular complexity index is 1140. The number of halogens is 1. The summed E-state index contributed by atoms with van der Waals surface area (Å²) in [4.78, 5) is 14.2. The number of hydrogen-bond donors (Lipinski definition) is 2. The van der Waals surface area contributed by atoms with Crippen LogP contribution < -0.4 is 11.1 Å². The average molecular weight is 443 g/mol. The van der Waals surface area contributed by atoms with Gasteiger partial charge in [0.2, 0.25) is 0 Å². The quantitative estimate of drug-likeness (QED) is 0.376. The molecular formula is C21H23ClN6OS. The molecular weight excluding hydrogens is 420 g/mol. The zero-order chi connectivity index (χ0) is 21.1. The lowest BCUT2D eigenvalue weighted by Crippen LogP contribution is -2.24. The third-order valence-electron chi connectivity index (χ3n) is 4.52. The lowest BCUT2D eigenvalue weighted by atomic mass is 10.2. The Hall–Kier alpha value is -2.55. The number of anilines is 1. The van der Waals surface area contributed by atoms with E-state index in [2.05, 4.69) is 33.7 Å². The van der Waals surface area contributed by atoms with Crippen molar-refractivity contribution in [1.82, 2.24) is 24.8 Å². The normalized spacial score (nSPS) is 11.6. The van der Waals surface area contributed by atoms with E-state index in [1.807, 2.05) is 30.3 Å². The van der Waals surface area contributed by atoms with Crippen molar-refractivity contribution < 1.29 is 4.42 Å². The molecule has 0 aliphatic carbocycles. The van der Waals surface area contributed by atoms with Crippen molar-refractivity contribution >= 4 is 40.3 Å². The minimum atomic E-state index is 0.378. The second-order valence-corrected chi connectivity index (χ2v) is 8.67. The number of aryl methyl sites for hydroxylation is 1. The molecule has 0 bridgehead atoms. The van der Waals surface area contributed by atoms with Gasteiger partial charge in [0.15, 0.2) is 22.1 Å². The maximum absolute atomic E-state index is 6.38. The van der Waals surface area contributed by atoms with E-state index < -0.39 is 0 Å². The number of nitrogens with zero attached hydrogens (tertiary/aromatic N) is 4. The summed E-state index contributed by atoms with van der Waals surface area (Å²) in [5, 5.41) is 4.88. The first-order chi connectivity index (χ1) is 14.5. The second-order valence-electron chi connectivity index (χ2n) is 7.19. The Kier molecular flexibility index (Phi) is 6.26. The van der Waals surface area contributed by atoms with Crippen LogP contribution in [0.25, 0.3) is 22.5 Å². The summed E-state index contributed by atoms with van der Waals surface area (Å²) in [7, 11) is 0. The molecule has 0 saturated carbocycles. The molecule has 1 aromatic carbocycles. The molecule has 4 rings (SSSR count). The number of furan rings is 1. The molecule has 4 aromatic rings. The van der Waals surface area contributed by atoms with Crippen LogP contribution in [0.1, 0.15) is 20.3 Å². The first kappa shape index (κ1) is 20.7. The fourth-order valence-electron chi connectivity index (χ4n) is 3.15. The van der Waals surface area contributed by atoms with Crippen LogP contribution in [0, 0.1) is 0 Å². The van der Waals surface area contributed by atoms with E-state index >= 15 is 0 Å². The first-order valence-corrected chi connectivity index (χ1v) is 10.9. The van der Waals surface area contributed by atoms with E-state index in [-0.39, 0.29) is 0 Å². The van der Waals surface area contributed by atoms with E-state index in [4.69, 9.17) is 26.7 Å². The van der Waals surface area contributed by atoms with E-state index in [1.165, 1.54) is 18.1 Å². The van der Waals surface area contributed by atoms with Gasteiger partial charge >= 0.3 is 0 Å². The molecule has 0 aliphatic rings. The van der Waals surface area contributed by atoms with E-state index in [1.54, 1.807) is 6.26 Å². The van der Waals surface area contributed by atoms with Crippen molar-refractivity contribution in [3.8, 4) is 11.3 Å². The summed E-state index contributed by atoms with van der Waals surface area (Å²) in [5.41, 5.74) is 8.33. The number of aromatic nitrogens is 4. The number of benzene rings is 1. The fraction of sp³-hybridized carbons (Fsp3) is 0.286. The minimum absolute atomic E-state index is 0.378. The SMILES string of the molecule is CC(C)NCCCn1c(Sc2cc(Cl)cc(-c3ccco3)c2)nc2c(N)ncnc21. The van der Waals surface area contributed by atoms with Gasteiger partial charge in [-0.3, -0.25) is 0 Å². The fourth-order valence-corrected chi connectivity index (χ4v) is 4.46. The maximum Gasteiger partial charge on any atom is 0.175 e. The van der Waals surface area contributed by atoms with Crippen LogP contribution in [-0.4, -0.2) is 32.1 Å². The van der Waals surface area contributed by atoms with Crippen molar-refractivity contribution in [2.75, 3.05) is 12.3 Å². The van der Waals surface area contributed by atoms with Crippen LogP contribution in [0.3, 0.4) is 0 Å². The van der Waals surface area contributed by atoms with Gasteiger partial charge in [0.1, 0.15) is 12.1 Å². The van der Waals surface area contributed by atoms with Crippen molar-refractivity contribution in [2.24, 2.45) is 0 Å². The maximum atomic E-state index is 6.38. The van der Waals surface area contributed by atoms with E-state index in [0.717, 1.165) is 46.5 Å². The third-order valence-corrected chi connectivity index (χ3v) is 5.71. The standard InChI is InChI=1S/C21H23ClN6OS/c1-13(2)24-6-4-7-28-20-18(19(23)25-12-26-20)27-21(28)30-16-10-14(9-15(22)11-16)17-5-3-8-29-17/h3,5,8-13,24H,4,6-7H2,1-2H3,(H2,23,25,26). The second kappa shape index (κ2) is 9.07. The third kappa shape index (κ3) is 4.61. The number of hydrogen-bond acceptors (Lipinski definition) is 7. The Morgan fingerprint density at radius 3 is 2.90 bits per heavy atom. The molecule has 9 heteroatoms. The van der Waals surface area contributed by atoms with Gasteiger partial charge in [0.25, 0.3) is 0 Å². The molecule has 30 heavy (non-hydrogen) atoms. The smallest absolute Gasteiger partial charge is 0.175 e. The Morgan fingerprint density at radius 1 is 1.27 bits per heavy atom. The number of fused-ring (bicyclic) bond motifs is 1. The summed E-state index contributed by atoms with van der Waals surface area (Å²) in [5.74, 6) is 1.14. The van der Waals surface area contributed by atoms with E-state index in [0.29, 0.717) is 22.4 Å². The van der Waals surface area contributed by atoms with Crippen LogP contribution >= 0.6 is 23.4 Å². The molecule has 7 nitrogen and oxygen atoms in total. The average Bonchev–Trinajstić information content (AvgIpc) is 3.34. The predicted octanol–water partition coefficient (Wildman–Crippen LogP) is 4.86. The van der Waals surface area contributed by atoms with Gasteiger partial charge in [-0.2, -0.15) is 0 Å². The highest BCUT2D eigenvalue weighted by Crippen LogP contribution is 2.35. The molecule has 0 fully saturated rings. The van der Waals surface area contributed by atoms with Crippen molar-refractivity contribution in [3.05, 3.63) is 47.9 Å². The first-order valence-electron chi connectivity index (χ1n) is 9.73. The molecule has 0 saturated heterocycles. The Labute approximate surface area is 184 Å². The number of nitrogens with one attached hydrogen (secondary N) is 1. The van der Waals surface area contributed by atoms with Crippen LogP contribution in [0.4, 0.5) is 5.82 Å². The van der Waals surface area contributed by atoms with Gasteiger partial charge in [0.05, 0.1) is 6.26 Å². The Balaban J connectivity index is 1.66. The molecule has 0 aliphatic heterocycles. The van der Waals surface area contributed by atoms with Crippen LogP contribution in [0.15, 0.2) is 57.4 Å². The summed E-state index contributed by atoms with van der Waals surface area (Å²) < 4.78 is 7.61. The number of imidazole rings is 1. The van der Waals surface area contributed by atoms with Crippen LogP contribution in [0.2, 0.25) is 5.02 Å². The number of rotatable bonds is 8. The molecule has 3 heterocycles. The highest BCUT2D eigenvalue weighted by Gasteiger charge is 2.16. The lowest BCUT2D eigenvalue weighted by Gasteiger charge is -2.11. The van der Waals surface area contributed by atoms with Crippen LogP contribution in [0.5, 0.6) is 0 Å². The molecule has 0 atom stereocenters. The zero-order valence-electron chi connectivity index (χ0n) is 16.8. The molecule has 156 valence electrons. The van der Waals surface area contributed by atoms with Crippen molar-refractivity contribution in [3.63, 3.8) is 0 Å². The largest absolute Gasteiger partial charge is 0.464 e. The summed E-state index contributed by atoms with van der Waals surface area (Å²) >= 11 is 7.90. The molecule has 0 unspecified atom stereocenters. The van der Waals surface area contributed by atoms with E-state index in [9.17, 15) is 0 Å². The monoisotopic (exact) mass is 442 g/mol. The van der Waals surface area contributed by atoms with Gasteiger partial charge in [0, 0.05) is 28.1 Å². The summed E-state index contributed by atoms with van der Waals surface area (Å²) in [6.07, 6.45) is 4.06.